The number of benzene rings is 1. The van der Waals surface area contributed by atoms with Gasteiger partial charge in [0.05, 0.1) is 12.2 Å². The number of allylic oxidation sites excluding steroid dienone is 4. The first kappa shape index (κ1) is 22.2. The highest BCUT2D eigenvalue weighted by Gasteiger charge is 2.28. The van der Waals surface area contributed by atoms with Crippen LogP contribution >= 0.6 is 0 Å². The summed E-state index contributed by atoms with van der Waals surface area (Å²) in [6.07, 6.45) is 14.5. The lowest BCUT2D eigenvalue weighted by atomic mass is 10.1. The summed E-state index contributed by atoms with van der Waals surface area (Å²) in [7, 11) is 0. The third kappa shape index (κ3) is 4.99. The number of nitrogens with zero attached hydrogens (tertiary/aromatic N) is 3. The van der Waals surface area contributed by atoms with Crippen molar-refractivity contribution in [2.45, 2.75) is 19.3 Å². The van der Waals surface area contributed by atoms with E-state index in [0.29, 0.717) is 18.7 Å². The topological polar surface area (TPSA) is 67.9 Å². The molecule has 0 unspecified atom stereocenters. The molecule has 2 N–H and O–H groups in total. The van der Waals surface area contributed by atoms with Gasteiger partial charge in [-0.05, 0) is 49.1 Å². The van der Waals surface area contributed by atoms with Gasteiger partial charge < -0.3 is 15.5 Å². The third-order valence-electron chi connectivity index (χ3n) is 6.59. The van der Waals surface area contributed by atoms with Gasteiger partial charge in [0.15, 0.2) is 0 Å². The van der Waals surface area contributed by atoms with Gasteiger partial charge in [-0.1, -0.05) is 36.4 Å². The van der Waals surface area contributed by atoms with Gasteiger partial charge in [-0.2, -0.15) is 0 Å². The fourth-order valence-electron chi connectivity index (χ4n) is 4.76. The maximum absolute atomic E-state index is 12.7. The van der Waals surface area contributed by atoms with E-state index in [1.165, 1.54) is 5.56 Å². The van der Waals surface area contributed by atoms with Crippen LogP contribution in [0.1, 0.15) is 18.4 Å². The molecule has 0 atom stereocenters. The summed E-state index contributed by atoms with van der Waals surface area (Å²) in [6, 6.07) is 10.4. The number of hydrogen-bond donors (Lipinski definition) is 2. The fraction of sp³-hybridized carbons (Fsp3) is 0.333. The van der Waals surface area contributed by atoms with Crippen LogP contribution in [0.4, 0.5) is 0 Å². The molecular weight excluding hydrogens is 426 g/mol. The van der Waals surface area contributed by atoms with Crippen LogP contribution in [0.3, 0.4) is 0 Å². The summed E-state index contributed by atoms with van der Waals surface area (Å²) < 4.78 is 0. The maximum atomic E-state index is 12.7. The first-order chi connectivity index (χ1) is 16.7. The van der Waals surface area contributed by atoms with E-state index in [2.05, 4.69) is 44.7 Å². The fourth-order valence-corrected chi connectivity index (χ4v) is 4.76. The van der Waals surface area contributed by atoms with E-state index in [1.54, 1.807) is 0 Å². The molecule has 5 rings (SSSR count). The molecule has 7 nitrogen and oxygen atoms in total. The minimum atomic E-state index is -0.0660. The Balaban J connectivity index is 1.01. The molecule has 0 bridgehead atoms. The average Bonchev–Trinajstić information content (AvgIpc) is 3.28. The number of hydrogen-bond acceptors (Lipinski definition) is 5. The first-order valence-corrected chi connectivity index (χ1v) is 12.1. The number of aryl methyl sites for hydroxylation is 1. The largest absolute Gasteiger partial charge is 0.352 e. The standard InChI is InChI=1S/C27H31N5O2/c33-26-20-30(15-16-31(26)14-5-9-21-7-2-1-3-8-21)13-6-12-28-27(34)22-17-23-10-4-11-25-29-19-24(18-22)32(23)25/h1-4,7-8,10-11,17-19,29H,5-6,9,12-16,20H2,(H,28,34). The van der Waals surface area contributed by atoms with Gasteiger partial charge in [0.1, 0.15) is 5.82 Å². The molecule has 0 aromatic heterocycles. The second-order valence-electron chi connectivity index (χ2n) is 8.98. The zero-order chi connectivity index (χ0) is 23.3. The molecule has 2 amide bonds. The van der Waals surface area contributed by atoms with Gasteiger partial charge in [-0.15, -0.1) is 0 Å². The van der Waals surface area contributed by atoms with E-state index in [1.807, 2.05) is 47.5 Å². The lowest BCUT2D eigenvalue weighted by Crippen LogP contribution is -2.51. The molecule has 0 saturated carbocycles. The predicted molar refractivity (Wildman–Crippen MR) is 132 cm³/mol. The quantitative estimate of drug-likeness (QED) is 0.557. The van der Waals surface area contributed by atoms with Crippen LogP contribution in [0.5, 0.6) is 0 Å². The molecule has 4 aliphatic rings. The number of amides is 2. The zero-order valence-electron chi connectivity index (χ0n) is 19.4. The molecule has 1 fully saturated rings. The summed E-state index contributed by atoms with van der Waals surface area (Å²) in [5.74, 6) is 1.15. The van der Waals surface area contributed by atoms with Gasteiger partial charge in [0, 0.05) is 50.2 Å². The molecule has 0 spiro atoms. The van der Waals surface area contributed by atoms with Crippen molar-refractivity contribution in [3.8, 4) is 0 Å². The minimum absolute atomic E-state index is 0.0660. The smallest absolute Gasteiger partial charge is 0.251 e. The van der Waals surface area contributed by atoms with E-state index in [9.17, 15) is 9.59 Å². The lowest BCUT2D eigenvalue weighted by molar-refractivity contribution is -0.136. The van der Waals surface area contributed by atoms with Crippen molar-refractivity contribution in [2.75, 3.05) is 39.3 Å². The van der Waals surface area contributed by atoms with Gasteiger partial charge in [0.25, 0.3) is 5.91 Å². The highest BCUT2D eigenvalue weighted by Crippen LogP contribution is 2.32. The first-order valence-electron chi connectivity index (χ1n) is 12.1. The summed E-state index contributed by atoms with van der Waals surface area (Å²) >= 11 is 0. The Labute approximate surface area is 200 Å². The van der Waals surface area contributed by atoms with Crippen molar-refractivity contribution < 1.29 is 9.59 Å². The second-order valence-corrected chi connectivity index (χ2v) is 8.98. The van der Waals surface area contributed by atoms with E-state index >= 15 is 0 Å². The highest BCUT2D eigenvalue weighted by molar-refractivity contribution is 5.97. The molecule has 1 saturated heterocycles. The van der Waals surface area contributed by atoms with Crippen molar-refractivity contribution >= 4 is 11.8 Å². The number of rotatable bonds is 9. The van der Waals surface area contributed by atoms with E-state index in [-0.39, 0.29) is 11.8 Å². The molecule has 1 aromatic rings. The molecule has 34 heavy (non-hydrogen) atoms. The number of carbonyl (C=O) groups is 2. The Morgan fingerprint density at radius 1 is 1.03 bits per heavy atom. The highest BCUT2D eigenvalue weighted by atomic mass is 16.2. The van der Waals surface area contributed by atoms with Crippen LogP contribution in [-0.2, 0) is 16.0 Å². The SMILES string of the molecule is O=C(NCCCN1CCN(CCCc2ccccc2)C(=O)C1)C1=CC2=CNC3=CC=CC(=C1)N23. The Hall–Kier alpha value is -3.58. The van der Waals surface area contributed by atoms with Gasteiger partial charge in [0.2, 0.25) is 5.91 Å². The minimum Gasteiger partial charge on any atom is -0.352 e. The molecule has 4 aliphatic heterocycles. The van der Waals surface area contributed by atoms with Crippen molar-refractivity contribution in [2.24, 2.45) is 0 Å². The molecule has 0 aliphatic carbocycles. The molecule has 176 valence electrons. The van der Waals surface area contributed by atoms with Crippen molar-refractivity contribution in [3.05, 3.63) is 95.3 Å². The van der Waals surface area contributed by atoms with E-state index in [4.69, 9.17) is 0 Å². The molecule has 4 heterocycles. The van der Waals surface area contributed by atoms with Gasteiger partial charge in [-0.25, -0.2) is 0 Å². The second kappa shape index (κ2) is 10.1. The average molecular weight is 458 g/mol. The van der Waals surface area contributed by atoms with Crippen LogP contribution in [0, 0.1) is 0 Å². The van der Waals surface area contributed by atoms with Crippen molar-refractivity contribution in [3.63, 3.8) is 0 Å². The third-order valence-corrected chi connectivity index (χ3v) is 6.59. The summed E-state index contributed by atoms with van der Waals surface area (Å²) in [6.45, 7) is 4.36. The van der Waals surface area contributed by atoms with E-state index in [0.717, 1.165) is 62.7 Å². The number of piperazine rings is 1. The monoisotopic (exact) mass is 457 g/mol. The Morgan fingerprint density at radius 3 is 2.76 bits per heavy atom. The summed E-state index contributed by atoms with van der Waals surface area (Å²) in [5.41, 5.74) is 3.94. The van der Waals surface area contributed by atoms with Crippen molar-refractivity contribution in [1.29, 1.82) is 0 Å². The van der Waals surface area contributed by atoms with Crippen LogP contribution in [0.25, 0.3) is 0 Å². The van der Waals surface area contributed by atoms with Crippen LogP contribution in [0.2, 0.25) is 0 Å². The van der Waals surface area contributed by atoms with Gasteiger partial charge >= 0.3 is 0 Å². The Kier molecular flexibility index (Phi) is 6.62. The maximum Gasteiger partial charge on any atom is 0.251 e. The predicted octanol–water partition coefficient (Wildman–Crippen LogP) is 2.25. The summed E-state index contributed by atoms with van der Waals surface area (Å²) in [5, 5.41) is 6.25. The lowest BCUT2D eigenvalue weighted by Gasteiger charge is -2.34. The van der Waals surface area contributed by atoms with Crippen LogP contribution in [0.15, 0.2) is 89.7 Å². The molecular formula is C27H31N5O2. The van der Waals surface area contributed by atoms with Crippen LogP contribution in [-0.4, -0.2) is 65.8 Å². The number of carbonyl (C=O) groups excluding carboxylic acids is 2. The summed E-state index contributed by atoms with van der Waals surface area (Å²) in [4.78, 5) is 31.5. The zero-order valence-corrected chi connectivity index (χ0v) is 19.4. The Bertz CT molecular complexity index is 1100. The molecule has 7 heteroatoms. The van der Waals surface area contributed by atoms with Gasteiger partial charge in [-0.3, -0.25) is 19.4 Å². The van der Waals surface area contributed by atoms with Crippen molar-refractivity contribution in [1.82, 2.24) is 25.3 Å². The molecule has 0 radical (unpaired) electrons. The normalized spacial score (nSPS) is 19.1. The van der Waals surface area contributed by atoms with Crippen LogP contribution < -0.4 is 10.6 Å². The Morgan fingerprint density at radius 2 is 1.91 bits per heavy atom. The van der Waals surface area contributed by atoms with E-state index < -0.39 is 0 Å². The number of nitrogens with one attached hydrogen (secondary N) is 2. The molecule has 1 aromatic carbocycles.